The van der Waals surface area contributed by atoms with Crippen molar-refractivity contribution in [3.05, 3.63) is 64.7 Å². The Bertz CT molecular complexity index is 1100. The molecule has 0 fully saturated rings. The highest BCUT2D eigenvalue weighted by Crippen LogP contribution is 2.29. The molecule has 1 aromatic carbocycles. The second-order valence-corrected chi connectivity index (χ2v) is 8.82. The maximum atomic E-state index is 14.0. The van der Waals surface area contributed by atoms with Crippen molar-refractivity contribution >= 4 is 27.7 Å². The fourth-order valence-electron chi connectivity index (χ4n) is 2.73. The summed E-state index contributed by atoms with van der Waals surface area (Å²) in [6.07, 6.45) is 0.653. The van der Waals surface area contributed by atoms with Gasteiger partial charge >= 0.3 is 6.18 Å². The molecule has 32 heavy (non-hydrogen) atoms. The number of benzene rings is 1. The quantitative estimate of drug-likeness (QED) is 0.420. The molecule has 0 aliphatic rings. The Kier molecular flexibility index (Phi) is 8.37. The smallest absolute Gasteiger partial charge is 0.348 e. The van der Waals surface area contributed by atoms with Crippen LogP contribution >= 0.6 is 0 Å². The first-order valence-electron chi connectivity index (χ1n) is 9.68. The largest absolute Gasteiger partial charge is 0.433 e. The minimum atomic E-state index is -4.55. The first kappa shape index (κ1) is 25.3. The van der Waals surface area contributed by atoms with Crippen molar-refractivity contribution in [1.29, 1.82) is 0 Å². The fourth-order valence-corrected chi connectivity index (χ4v) is 3.30. The third-order valence-corrected chi connectivity index (χ3v) is 4.87. The van der Waals surface area contributed by atoms with Crippen molar-refractivity contribution in [1.82, 2.24) is 10.3 Å². The van der Waals surface area contributed by atoms with E-state index >= 15 is 0 Å². The molecular formula is C21H23F4N3O3S. The molecule has 1 aromatic heterocycles. The Labute approximate surface area is 183 Å². The standard InChI is InChI=1S/C21H23F4N3O3S/c1-3-4-5-17-15(7-10-19(27-17)21(23,24)25)8-11-20(29)26-13-14-6-9-18(16(22)12-14)28-32(2,30)31/h6-12,28H,3-5,13H2,1-2H3,(H,26,29). The number of rotatable bonds is 9. The highest BCUT2D eigenvalue weighted by atomic mass is 32.2. The molecule has 2 N–H and O–H groups in total. The summed E-state index contributed by atoms with van der Waals surface area (Å²) in [6, 6.07) is 5.90. The van der Waals surface area contributed by atoms with Gasteiger partial charge in [0.25, 0.3) is 0 Å². The summed E-state index contributed by atoms with van der Waals surface area (Å²) in [4.78, 5) is 15.8. The average Bonchev–Trinajstić information content (AvgIpc) is 2.69. The number of aryl methyl sites for hydroxylation is 1. The minimum Gasteiger partial charge on any atom is -0.348 e. The first-order chi connectivity index (χ1) is 14.9. The molecular weight excluding hydrogens is 450 g/mol. The van der Waals surface area contributed by atoms with Gasteiger partial charge in [0.1, 0.15) is 11.5 Å². The van der Waals surface area contributed by atoms with E-state index < -0.39 is 33.6 Å². The molecule has 0 atom stereocenters. The number of nitrogens with zero attached hydrogens (tertiary/aromatic N) is 1. The normalized spacial score (nSPS) is 12.2. The molecule has 0 radical (unpaired) electrons. The molecule has 0 spiro atoms. The Hall–Kier alpha value is -2.95. The number of hydrogen-bond acceptors (Lipinski definition) is 4. The van der Waals surface area contributed by atoms with E-state index in [-0.39, 0.29) is 17.9 Å². The number of amides is 1. The van der Waals surface area contributed by atoms with Gasteiger partial charge in [-0.1, -0.05) is 25.5 Å². The molecule has 6 nitrogen and oxygen atoms in total. The highest BCUT2D eigenvalue weighted by molar-refractivity contribution is 7.92. The number of hydrogen-bond donors (Lipinski definition) is 2. The van der Waals surface area contributed by atoms with Crippen molar-refractivity contribution in [3.63, 3.8) is 0 Å². The number of carbonyl (C=O) groups is 1. The van der Waals surface area contributed by atoms with E-state index in [9.17, 15) is 30.8 Å². The van der Waals surface area contributed by atoms with Gasteiger partial charge in [0.2, 0.25) is 15.9 Å². The highest BCUT2D eigenvalue weighted by Gasteiger charge is 2.32. The molecule has 2 aromatic rings. The molecule has 2 rings (SSSR count). The van der Waals surface area contributed by atoms with Crippen LogP contribution in [0.15, 0.2) is 36.4 Å². The third kappa shape index (κ3) is 7.95. The van der Waals surface area contributed by atoms with Crippen LogP contribution in [0.3, 0.4) is 0 Å². The van der Waals surface area contributed by atoms with E-state index in [1.807, 2.05) is 11.6 Å². The Morgan fingerprint density at radius 3 is 2.50 bits per heavy atom. The number of anilines is 1. The van der Waals surface area contributed by atoms with Crippen molar-refractivity contribution in [2.45, 2.75) is 38.9 Å². The fraction of sp³-hybridized carbons (Fsp3) is 0.333. The predicted octanol–water partition coefficient (Wildman–Crippen LogP) is 4.28. The Balaban J connectivity index is 2.06. The maximum absolute atomic E-state index is 14.0. The summed E-state index contributed by atoms with van der Waals surface area (Å²) in [5.41, 5.74) is -0.147. The number of halogens is 4. The van der Waals surface area contributed by atoms with E-state index in [0.717, 1.165) is 30.9 Å². The van der Waals surface area contributed by atoms with Crippen LogP contribution in [0.2, 0.25) is 0 Å². The number of aromatic nitrogens is 1. The van der Waals surface area contributed by atoms with Crippen LogP contribution in [0, 0.1) is 5.82 Å². The zero-order valence-electron chi connectivity index (χ0n) is 17.5. The maximum Gasteiger partial charge on any atom is 0.433 e. The number of carbonyl (C=O) groups excluding carboxylic acids is 1. The second kappa shape index (κ2) is 10.6. The SMILES string of the molecule is CCCCc1nc(C(F)(F)F)ccc1C=CC(=O)NCc1ccc(NS(C)(=O)=O)c(F)c1. The van der Waals surface area contributed by atoms with Crippen LogP contribution in [0.5, 0.6) is 0 Å². The number of sulfonamides is 1. The summed E-state index contributed by atoms with van der Waals surface area (Å²) in [6.45, 7) is 1.87. The van der Waals surface area contributed by atoms with E-state index in [2.05, 4.69) is 10.3 Å². The molecule has 1 heterocycles. The van der Waals surface area contributed by atoms with Gasteiger partial charge in [-0.15, -0.1) is 0 Å². The molecule has 0 aliphatic carbocycles. The topological polar surface area (TPSA) is 88.2 Å². The zero-order valence-corrected chi connectivity index (χ0v) is 18.3. The van der Waals surface area contributed by atoms with E-state index in [1.165, 1.54) is 24.3 Å². The lowest BCUT2D eigenvalue weighted by molar-refractivity contribution is -0.141. The van der Waals surface area contributed by atoms with Gasteiger partial charge in [0.05, 0.1) is 11.9 Å². The van der Waals surface area contributed by atoms with Gasteiger partial charge in [-0.25, -0.2) is 17.8 Å². The minimum absolute atomic E-state index is 0.0345. The van der Waals surface area contributed by atoms with Crippen molar-refractivity contribution < 1.29 is 30.8 Å². The van der Waals surface area contributed by atoms with Crippen LogP contribution in [0.25, 0.3) is 6.08 Å². The number of unbranched alkanes of at least 4 members (excludes halogenated alkanes) is 1. The van der Waals surface area contributed by atoms with Gasteiger partial charge in [-0.2, -0.15) is 13.2 Å². The summed E-state index contributed by atoms with van der Waals surface area (Å²) < 4.78 is 77.2. The number of nitrogens with one attached hydrogen (secondary N) is 2. The average molecular weight is 473 g/mol. The van der Waals surface area contributed by atoms with Gasteiger partial charge in [-0.05, 0) is 48.2 Å². The molecule has 1 amide bonds. The van der Waals surface area contributed by atoms with Crippen LogP contribution in [-0.2, 0) is 34.0 Å². The number of pyridine rings is 1. The van der Waals surface area contributed by atoms with E-state index in [0.29, 0.717) is 24.0 Å². The number of alkyl halides is 3. The lowest BCUT2D eigenvalue weighted by Gasteiger charge is -2.10. The Morgan fingerprint density at radius 2 is 1.91 bits per heavy atom. The molecule has 0 saturated heterocycles. The molecule has 11 heteroatoms. The van der Waals surface area contributed by atoms with Crippen molar-refractivity contribution in [3.8, 4) is 0 Å². The van der Waals surface area contributed by atoms with Crippen LogP contribution < -0.4 is 10.0 Å². The van der Waals surface area contributed by atoms with Crippen LogP contribution in [0.4, 0.5) is 23.2 Å². The van der Waals surface area contributed by atoms with Gasteiger partial charge < -0.3 is 5.32 Å². The van der Waals surface area contributed by atoms with Crippen molar-refractivity contribution in [2.75, 3.05) is 11.0 Å². The predicted molar refractivity (Wildman–Crippen MR) is 114 cm³/mol. The second-order valence-electron chi connectivity index (χ2n) is 7.07. The summed E-state index contributed by atoms with van der Waals surface area (Å²) in [5.74, 6) is -1.33. The molecule has 0 bridgehead atoms. The lowest BCUT2D eigenvalue weighted by atomic mass is 10.1. The molecule has 0 unspecified atom stereocenters. The summed E-state index contributed by atoms with van der Waals surface area (Å²) in [7, 11) is -3.63. The van der Waals surface area contributed by atoms with Gasteiger partial charge in [-0.3, -0.25) is 9.52 Å². The first-order valence-corrected chi connectivity index (χ1v) is 11.6. The monoisotopic (exact) mass is 473 g/mol. The van der Waals surface area contributed by atoms with Crippen molar-refractivity contribution in [2.24, 2.45) is 0 Å². The zero-order chi connectivity index (χ0) is 23.9. The molecule has 174 valence electrons. The van der Waals surface area contributed by atoms with E-state index in [1.54, 1.807) is 0 Å². The molecule has 0 saturated carbocycles. The van der Waals surface area contributed by atoms with Gasteiger partial charge in [0.15, 0.2) is 0 Å². The third-order valence-electron chi connectivity index (χ3n) is 4.28. The van der Waals surface area contributed by atoms with Crippen LogP contribution in [-0.4, -0.2) is 25.6 Å². The lowest BCUT2D eigenvalue weighted by Crippen LogP contribution is -2.20. The molecule has 0 aliphatic heterocycles. The summed E-state index contributed by atoms with van der Waals surface area (Å²) >= 11 is 0. The summed E-state index contributed by atoms with van der Waals surface area (Å²) in [5, 5.41) is 2.53. The van der Waals surface area contributed by atoms with E-state index in [4.69, 9.17) is 0 Å². The van der Waals surface area contributed by atoms with Gasteiger partial charge in [0, 0.05) is 18.3 Å². The van der Waals surface area contributed by atoms with Crippen LogP contribution in [0.1, 0.15) is 42.3 Å². The Morgan fingerprint density at radius 1 is 1.19 bits per heavy atom.